The number of aromatic nitrogens is 1. The number of aromatic carboxylic acids is 1. The molecule has 0 fully saturated rings. The van der Waals surface area contributed by atoms with E-state index in [4.69, 9.17) is 16.7 Å². The molecule has 4 nitrogen and oxygen atoms in total. The maximum Gasteiger partial charge on any atom is 0.335 e. The van der Waals surface area contributed by atoms with Gasteiger partial charge in [-0.15, -0.1) is 0 Å². The predicted octanol–water partition coefficient (Wildman–Crippen LogP) is 1.88. The number of carbonyl (C=O) groups is 1. The second-order valence-electron chi connectivity index (χ2n) is 3.03. The summed E-state index contributed by atoms with van der Waals surface area (Å²) >= 11 is 5.84. The number of H-pyrrole nitrogens is 1. The zero-order valence-corrected chi connectivity index (χ0v) is 8.21. The minimum atomic E-state index is -1.11. The molecule has 0 amide bonds. The summed E-state index contributed by atoms with van der Waals surface area (Å²) in [5.74, 6) is -1.11. The summed E-state index contributed by atoms with van der Waals surface area (Å²) in [4.78, 5) is 25.0. The molecule has 2 N–H and O–H groups in total. The van der Waals surface area contributed by atoms with E-state index >= 15 is 0 Å². The molecule has 76 valence electrons. The topological polar surface area (TPSA) is 70.2 Å². The van der Waals surface area contributed by atoms with Crippen molar-refractivity contribution in [3.05, 3.63) is 45.2 Å². The summed E-state index contributed by atoms with van der Waals surface area (Å²) in [6, 6.07) is 3.94. The van der Waals surface area contributed by atoms with E-state index in [1.807, 2.05) is 0 Å². The van der Waals surface area contributed by atoms with Gasteiger partial charge in [-0.1, -0.05) is 11.6 Å². The van der Waals surface area contributed by atoms with Crippen LogP contribution in [0.25, 0.3) is 10.9 Å². The fraction of sp³-hybridized carbons (Fsp3) is 0. The third-order valence-electron chi connectivity index (χ3n) is 2.07. The van der Waals surface area contributed by atoms with Crippen molar-refractivity contribution in [3.8, 4) is 0 Å². The number of benzene rings is 1. The maximum atomic E-state index is 11.4. The van der Waals surface area contributed by atoms with Gasteiger partial charge in [0.05, 0.1) is 16.1 Å². The molecule has 2 aromatic rings. The lowest BCUT2D eigenvalue weighted by Gasteiger charge is -2.01. The smallest absolute Gasteiger partial charge is 0.335 e. The van der Waals surface area contributed by atoms with Gasteiger partial charge in [0.1, 0.15) is 0 Å². The van der Waals surface area contributed by atoms with Crippen molar-refractivity contribution in [2.45, 2.75) is 0 Å². The number of carboxylic acids is 1. The van der Waals surface area contributed by atoms with E-state index in [1.54, 1.807) is 0 Å². The molecule has 0 aliphatic carbocycles. The van der Waals surface area contributed by atoms with Gasteiger partial charge in [-0.05, 0) is 12.1 Å². The second-order valence-corrected chi connectivity index (χ2v) is 3.43. The normalized spacial score (nSPS) is 10.5. The monoisotopic (exact) mass is 223 g/mol. The first-order valence-corrected chi connectivity index (χ1v) is 4.51. The molecule has 0 aliphatic rings. The van der Waals surface area contributed by atoms with Crippen LogP contribution in [0.5, 0.6) is 0 Å². The highest BCUT2D eigenvalue weighted by atomic mass is 35.5. The van der Waals surface area contributed by atoms with E-state index in [2.05, 4.69) is 4.98 Å². The van der Waals surface area contributed by atoms with E-state index in [1.165, 1.54) is 24.4 Å². The molecule has 0 atom stereocenters. The summed E-state index contributed by atoms with van der Waals surface area (Å²) in [5.41, 5.74) is 0.201. The Morgan fingerprint density at radius 2 is 2.13 bits per heavy atom. The van der Waals surface area contributed by atoms with Crippen LogP contribution in [0.3, 0.4) is 0 Å². The fourth-order valence-electron chi connectivity index (χ4n) is 1.36. The minimum absolute atomic E-state index is 0.00389. The van der Waals surface area contributed by atoms with Crippen LogP contribution in [-0.4, -0.2) is 16.1 Å². The number of hydrogen-bond donors (Lipinski definition) is 2. The quantitative estimate of drug-likeness (QED) is 0.776. The van der Waals surface area contributed by atoms with Crippen molar-refractivity contribution in [2.24, 2.45) is 0 Å². The van der Waals surface area contributed by atoms with Gasteiger partial charge < -0.3 is 10.1 Å². The number of aromatic amines is 1. The third kappa shape index (κ3) is 1.59. The first kappa shape index (κ1) is 9.73. The van der Waals surface area contributed by atoms with Crippen molar-refractivity contribution >= 4 is 28.5 Å². The molecule has 2 rings (SSSR count). The Bertz CT molecular complexity index is 603. The van der Waals surface area contributed by atoms with E-state index in [0.717, 1.165) is 0 Å². The second kappa shape index (κ2) is 3.40. The molecule has 0 radical (unpaired) electrons. The van der Waals surface area contributed by atoms with Crippen LogP contribution < -0.4 is 5.43 Å². The van der Waals surface area contributed by atoms with Crippen LogP contribution in [0, 0.1) is 0 Å². The Hall–Kier alpha value is -1.81. The molecule has 1 aromatic heterocycles. The molecule has 0 saturated carbocycles. The van der Waals surface area contributed by atoms with Crippen LogP contribution in [-0.2, 0) is 0 Å². The van der Waals surface area contributed by atoms with Gasteiger partial charge in [0, 0.05) is 17.6 Å². The molecule has 1 heterocycles. The van der Waals surface area contributed by atoms with Gasteiger partial charge >= 0.3 is 5.97 Å². The van der Waals surface area contributed by atoms with E-state index in [-0.39, 0.29) is 21.4 Å². The third-order valence-corrected chi connectivity index (χ3v) is 2.36. The molecule has 5 heteroatoms. The van der Waals surface area contributed by atoms with Gasteiger partial charge in [0.15, 0.2) is 5.43 Å². The Kier molecular flexibility index (Phi) is 2.21. The number of carboxylic acid groups (broad SMARTS) is 1. The molecule has 0 aliphatic heterocycles. The maximum absolute atomic E-state index is 11.4. The molecular formula is C10H6ClNO3. The molecule has 0 saturated heterocycles. The van der Waals surface area contributed by atoms with Crippen LogP contribution in [0.2, 0.25) is 5.02 Å². The summed E-state index contributed by atoms with van der Waals surface area (Å²) < 4.78 is 0. The molecule has 1 aromatic carbocycles. The minimum Gasteiger partial charge on any atom is -0.478 e. The van der Waals surface area contributed by atoms with Crippen LogP contribution in [0.1, 0.15) is 10.4 Å². The molecular weight excluding hydrogens is 218 g/mol. The highest BCUT2D eigenvalue weighted by molar-refractivity contribution is 6.35. The average molecular weight is 224 g/mol. The summed E-state index contributed by atoms with van der Waals surface area (Å²) in [5, 5.41) is 9.29. The summed E-state index contributed by atoms with van der Waals surface area (Å²) in [6.45, 7) is 0. The zero-order chi connectivity index (χ0) is 11.0. The van der Waals surface area contributed by atoms with Crippen LogP contribution >= 0.6 is 11.6 Å². The van der Waals surface area contributed by atoms with Crippen LogP contribution in [0.15, 0.2) is 29.2 Å². The van der Waals surface area contributed by atoms with Crippen molar-refractivity contribution in [2.75, 3.05) is 0 Å². The molecule has 0 unspecified atom stereocenters. The molecule has 0 spiro atoms. The Morgan fingerprint density at radius 1 is 1.40 bits per heavy atom. The first-order valence-electron chi connectivity index (χ1n) is 4.14. The molecule has 15 heavy (non-hydrogen) atoms. The molecule has 0 bridgehead atoms. The predicted molar refractivity (Wildman–Crippen MR) is 56.5 cm³/mol. The number of hydrogen-bond acceptors (Lipinski definition) is 2. The van der Waals surface area contributed by atoms with Crippen molar-refractivity contribution in [1.82, 2.24) is 4.98 Å². The largest absolute Gasteiger partial charge is 0.478 e. The van der Waals surface area contributed by atoms with Crippen molar-refractivity contribution in [3.63, 3.8) is 0 Å². The number of pyridine rings is 1. The number of fused-ring (bicyclic) bond motifs is 1. The summed E-state index contributed by atoms with van der Waals surface area (Å²) in [6.07, 6.45) is 1.47. The lowest BCUT2D eigenvalue weighted by molar-refractivity contribution is 0.0697. The van der Waals surface area contributed by atoms with Crippen LogP contribution in [0.4, 0.5) is 0 Å². The van der Waals surface area contributed by atoms with Gasteiger partial charge in [-0.25, -0.2) is 4.79 Å². The Balaban J connectivity index is 2.92. The van der Waals surface area contributed by atoms with Gasteiger partial charge in [-0.2, -0.15) is 0 Å². The standard InChI is InChI=1S/C10H6ClNO3/c11-7-4-5(10(14)15)3-6-8(13)1-2-12-9(6)7/h1-4H,(H,12,13)(H,14,15). The Morgan fingerprint density at radius 3 is 2.80 bits per heavy atom. The highest BCUT2D eigenvalue weighted by Gasteiger charge is 2.09. The first-order chi connectivity index (χ1) is 7.09. The summed E-state index contributed by atoms with van der Waals surface area (Å²) in [7, 11) is 0. The number of nitrogens with one attached hydrogen (secondary N) is 1. The van der Waals surface area contributed by atoms with Crippen molar-refractivity contribution < 1.29 is 9.90 Å². The van der Waals surface area contributed by atoms with E-state index in [0.29, 0.717) is 5.52 Å². The van der Waals surface area contributed by atoms with Gasteiger partial charge in [0.2, 0.25) is 0 Å². The number of halogens is 1. The fourth-order valence-corrected chi connectivity index (χ4v) is 1.64. The average Bonchev–Trinajstić information content (AvgIpc) is 2.19. The number of rotatable bonds is 1. The van der Waals surface area contributed by atoms with Gasteiger partial charge in [0.25, 0.3) is 0 Å². The lowest BCUT2D eigenvalue weighted by Crippen LogP contribution is -2.04. The SMILES string of the molecule is O=C(O)c1cc(Cl)c2[nH]ccc(=O)c2c1. The Labute approximate surface area is 89.1 Å². The van der Waals surface area contributed by atoms with E-state index in [9.17, 15) is 9.59 Å². The van der Waals surface area contributed by atoms with Gasteiger partial charge in [-0.3, -0.25) is 4.79 Å². The lowest BCUT2D eigenvalue weighted by atomic mass is 10.1. The highest BCUT2D eigenvalue weighted by Crippen LogP contribution is 2.21. The zero-order valence-electron chi connectivity index (χ0n) is 7.45. The van der Waals surface area contributed by atoms with E-state index < -0.39 is 5.97 Å². The van der Waals surface area contributed by atoms with Crippen molar-refractivity contribution in [1.29, 1.82) is 0 Å².